The van der Waals surface area contributed by atoms with Crippen LogP contribution in [0.5, 0.6) is 0 Å². The molecular formula is C16H25ClN4O3. The van der Waals surface area contributed by atoms with Crippen LogP contribution in [0, 0.1) is 0 Å². The number of anilines is 2. The maximum Gasteiger partial charge on any atom is 0.248 e. The van der Waals surface area contributed by atoms with Gasteiger partial charge in [-0.15, -0.1) is 12.4 Å². The lowest BCUT2D eigenvalue weighted by molar-refractivity contribution is -0.118. The molecule has 1 fully saturated rings. The summed E-state index contributed by atoms with van der Waals surface area (Å²) >= 11 is 0. The Balaban J connectivity index is 0.00000288. The first-order valence-corrected chi connectivity index (χ1v) is 7.76. The van der Waals surface area contributed by atoms with Crippen LogP contribution in [-0.2, 0) is 9.53 Å². The number of ether oxygens (including phenoxy) is 1. The summed E-state index contributed by atoms with van der Waals surface area (Å²) in [5, 5.41) is 2.86. The molecule has 1 aliphatic heterocycles. The van der Waals surface area contributed by atoms with Gasteiger partial charge in [0.2, 0.25) is 11.8 Å². The molecule has 1 aromatic carbocycles. The third kappa shape index (κ3) is 5.09. The van der Waals surface area contributed by atoms with Crippen molar-refractivity contribution in [2.45, 2.75) is 25.4 Å². The number of amides is 2. The van der Waals surface area contributed by atoms with Gasteiger partial charge in [-0.1, -0.05) is 0 Å². The van der Waals surface area contributed by atoms with E-state index < -0.39 is 5.91 Å². The minimum Gasteiger partial charge on any atom is -0.380 e. The first-order valence-electron chi connectivity index (χ1n) is 7.76. The molecule has 1 aliphatic rings. The number of nitrogens with one attached hydrogen (secondary N) is 1. The van der Waals surface area contributed by atoms with Crippen molar-refractivity contribution in [3.63, 3.8) is 0 Å². The highest BCUT2D eigenvalue weighted by molar-refractivity contribution is 5.99. The highest BCUT2D eigenvalue weighted by Gasteiger charge is 2.19. The van der Waals surface area contributed by atoms with Gasteiger partial charge in [-0.2, -0.15) is 0 Å². The van der Waals surface area contributed by atoms with E-state index in [0.29, 0.717) is 11.3 Å². The maximum atomic E-state index is 12.2. The minimum absolute atomic E-state index is 0. The van der Waals surface area contributed by atoms with Gasteiger partial charge in [0, 0.05) is 32.3 Å². The number of halogens is 1. The molecule has 24 heavy (non-hydrogen) atoms. The van der Waals surface area contributed by atoms with Crippen molar-refractivity contribution in [1.82, 2.24) is 0 Å². The van der Waals surface area contributed by atoms with Gasteiger partial charge in [-0.3, -0.25) is 9.59 Å². The summed E-state index contributed by atoms with van der Waals surface area (Å²) < 4.78 is 5.13. The SMILES string of the molecule is COC(CN)CC(=O)Nc1cc(C(N)=O)ccc1N1CCCC1.Cl. The Labute approximate surface area is 148 Å². The summed E-state index contributed by atoms with van der Waals surface area (Å²) in [6, 6.07) is 5.14. The van der Waals surface area contributed by atoms with Gasteiger partial charge in [0.1, 0.15) is 0 Å². The Kier molecular flexibility index (Phi) is 7.97. The molecule has 8 heteroatoms. The zero-order valence-corrected chi connectivity index (χ0v) is 14.6. The van der Waals surface area contributed by atoms with Crippen LogP contribution in [0.25, 0.3) is 0 Å². The monoisotopic (exact) mass is 356 g/mol. The smallest absolute Gasteiger partial charge is 0.248 e. The lowest BCUT2D eigenvalue weighted by atomic mass is 10.1. The fourth-order valence-electron chi connectivity index (χ4n) is 2.69. The van der Waals surface area contributed by atoms with E-state index in [1.165, 1.54) is 7.11 Å². The molecule has 7 nitrogen and oxygen atoms in total. The Morgan fingerprint density at radius 2 is 2.00 bits per heavy atom. The van der Waals surface area contributed by atoms with Crippen LogP contribution in [0.3, 0.4) is 0 Å². The average molecular weight is 357 g/mol. The molecule has 0 spiro atoms. The second kappa shape index (κ2) is 9.46. The number of rotatable bonds is 7. The molecule has 0 bridgehead atoms. The highest BCUT2D eigenvalue weighted by atomic mass is 35.5. The van der Waals surface area contributed by atoms with Crippen LogP contribution in [0.2, 0.25) is 0 Å². The zero-order chi connectivity index (χ0) is 16.8. The molecule has 2 amide bonds. The van der Waals surface area contributed by atoms with E-state index in [0.717, 1.165) is 31.6 Å². The summed E-state index contributed by atoms with van der Waals surface area (Å²) in [6.45, 7) is 2.13. The van der Waals surface area contributed by atoms with E-state index in [1.807, 2.05) is 6.07 Å². The molecule has 2 rings (SSSR count). The number of hydrogen-bond acceptors (Lipinski definition) is 5. The van der Waals surface area contributed by atoms with Crippen molar-refractivity contribution in [3.8, 4) is 0 Å². The molecule has 0 radical (unpaired) electrons. The predicted molar refractivity (Wildman–Crippen MR) is 96.8 cm³/mol. The van der Waals surface area contributed by atoms with Crippen molar-refractivity contribution >= 4 is 35.6 Å². The van der Waals surface area contributed by atoms with Crippen LogP contribution in [0.1, 0.15) is 29.6 Å². The van der Waals surface area contributed by atoms with E-state index >= 15 is 0 Å². The second-order valence-electron chi connectivity index (χ2n) is 5.64. The minimum atomic E-state index is -0.523. The second-order valence-corrected chi connectivity index (χ2v) is 5.64. The lowest BCUT2D eigenvalue weighted by Crippen LogP contribution is -2.29. The van der Waals surface area contributed by atoms with Gasteiger partial charge in [-0.25, -0.2) is 0 Å². The fraction of sp³-hybridized carbons (Fsp3) is 0.500. The summed E-state index contributed by atoms with van der Waals surface area (Å²) in [6.07, 6.45) is 2.06. The third-order valence-electron chi connectivity index (χ3n) is 4.01. The topological polar surface area (TPSA) is 111 Å². The normalized spacial score (nSPS) is 14.8. The summed E-state index contributed by atoms with van der Waals surface area (Å²) in [7, 11) is 1.52. The number of carbonyl (C=O) groups excluding carboxylic acids is 2. The summed E-state index contributed by atoms with van der Waals surface area (Å²) in [4.78, 5) is 25.8. The lowest BCUT2D eigenvalue weighted by Gasteiger charge is -2.22. The number of primary amides is 1. The molecule has 0 aliphatic carbocycles. The van der Waals surface area contributed by atoms with Crippen LogP contribution < -0.4 is 21.7 Å². The van der Waals surface area contributed by atoms with E-state index in [2.05, 4.69) is 10.2 Å². The highest BCUT2D eigenvalue weighted by Crippen LogP contribution is 2.30. The Morgan fingerprint density at radius 1 is 1.33 bits per heavy atom. The molecule has 5 N–H and O–H groups in total. The van der Waals surface area contributed by atoms with Gasteiger partial charge >= 0.3 is 0 Å². The van der Waals surface area contributed by atoms with Gasteiger partial charge < -0.3 is 26.4 Å². The molecule has 1 heterocycles. The Hall–Kier alpha value is -1.83. The Morgan fingerprint density at radius 3 is 2.54 bits per heavy atom. The third-order valence-corrected chi connectivity index (χ3v) is 4.01. The van der Waals surface area contributed by atoms with Gasteiger partial charge in [0.05, 0.1) is 23.9 Å². The quantitative estimate of drug-likeness (QED) is 0.677. The molecule has 134 valence electrons. The summed E-state index contributed by atoms with van der Waals surface area (Å²) in [5.74, 6) is -0.727. The van der Waals surface area contributed by atoms with Gasteiger partial charge in [0.25, 0.3) is 0 Å². The fourth-order valence-corrected chi connectivity index (χ4v) is 2.69. The van der Waals surface area contributed by atoms with E-state index in [4.69, 9.17) is 16.2 Å². The molecule has 1 aromatic rings. The van der Waals surface area contributed by atoms with Crippen LogP contribution in [0.4, 0.5) is 11.4 Å². The van der Waals surface area contributed by atoms with Crippen LogP contribution >= 0.6 is 12.4 Å². The van der Waals surface area contributed by atoms with Gasteiger partial charge in [0.15, 0.2) is 0 Å². The maximum absolute atomic E-state index is 12.2. The van der Waals surface area contributed by atoms with Crippen molar-refractivity contribution in [1.29, 1.82) is 0 Å². The molecule has 1 unspecified atom stereocenters. The van der Waals surface area contributed by atoms with E-state index in [1.54, 1.807) is 12.1 Å². The number of carbonyl (C=O) groups is 2. The molecule has 1 saturated heterocycles. The molecular weight excluding hydrogens is 332 g/mol. The van der Waals surface area contributed by atoms with Crippen LogP contribution in [0.15, 0.2) is 18.2 Å². The first-order chi connectivity index (χ1) is 11.0. The van der Waals surface area contributed by atoms with Crippen molar-refractivity contribution in [2.75, 3.05) is 37.0 Å². The number of nitrogens with zero attached hydrogens (tertiary/aromatic N) is 1. The number of hydrogen-bond donors (Lipinski definition) is 3. The van der Waals surface area contributed by atoms with Crippen molar-refractivity contribution < 1.29 is 14.3 Å². The predicted octanol–water partition coefficient (Wildman–Crippen LogP) is 1.11. The molecule has 1 atom stereocenters. The summed E-state index contributed by atoms with van der Waals surface area (Å²) in [5.41, 5.74) is 12.8. The van der Waals surface area contributed by atoms with Gasteiger partial charge in [-0.05, 0) is 31.0 Å². The molecule has 0 saturated carbocycles. The first kappa shape index (κ1) is 20.2. The van der Waals surface area contributed by atoms with Crippen molar-refractivity contribution in [2.24, 2.45) is 11.5 Å². The van der Waals surface area contributed by atoms with Crippen LogP contribution in [-0.4, -0.2) is 44.7 Å². The Bertz CT molecular complexity index is 572. The largest absolute Gasteiger partial charge is 0.380 e. The number of nitrogens with two attached hydrogens (primary N) is 2. The zero-order valence-electron chi connectivity index (χ0n) is 13.8. The van der Waals surface area contributed by atoms with E-state index in [-0.39, 0.29) is 37.4 Å². The number of benzene rings is 1. The average Bonchev–Trinajstić information content (AvgIpc) is 3.06. The van der Waals surface area contributed by atoms with Crippen molar-refractivity contribution in [3.05, 3.63) is 23.8 Å². The molecule has 0 aromatic heterocycles. The standard InChI is InChI=1S/C16H24N4O3.ClH/c1-23-12(10-17)9-15(21)19-13-8-11(16(18)22)4-5-14(13)20-6-2-3-7-20;/h4-5,8,12H,2-3,6-7,9-10,17H2,1H3,(H2,18,22)(H,19,21);1H. The van der Waals surface area contributed by atoms with E-state index in [9.17, 15) is 9.59 Å². The number of methoxy groups -OCH3 is 1.